The van der Waals surface area contributed by atoms with Crippen molar-refractivity contribution in [2.45, 2.75) is 24.8 Å². The highest BCUT2D eigenvalue weighted by atomic mass is 79.9. The monoisotopic (exact) mass is 385 g/mol. The number of halogens is 2. The van der Waals surface area contributed by atoms with E-state index in [1.165, 1.54) is 13.0 Å². The maximum atomic E-state index is 11.9. The third-order valence-electron chi connectivity index (χ3n) is 2.07. The highest BCUT2D eigenvalue weighted by Crippen LogP contribution is 2.28. The molecule has 0 spiro atoms. The van der Waals surface area contributed by atoms with E-state index in [9.17, 15) is 8.42 Å². The molecule has 7 heteroatoms. The smallest absolute Gasteiger partial charge is 0.241 e. The van der Waals surface area contributed by atoms with Crippen LogP contribution in [0.2, 0.25) is 0 Å². The minimum absolute atomic E-state index is 0.0136. The molecule has 0 unspecified atom stereocenters. The van der Waals surface area contributed by atoms with Gasteiger partial charge in [0.2, 0.25) is 10.0 Å². The van der Waals surface area contributed by atoms with Crippen LogP contribution in [0.25, 0.3) is 0 Å². The summed E-state index contributed by atoms with van der Waals surface area (Å²) in [4.78, 5) is 0.149. The van der Waals surface area contributed by atoms with E-state index < -0.39 is 16.1 Å². The van der Waals surface area contributed by atoms with Gasteiger partial charge in [-0.05, 0) is 47.5 Å². The molecule has 0 saturated carbocycles. The van der Waals surface area contributed by atoms with Crippen LogP contribution in [0.1, 0.15) is 12.5 Å². The van der Waals surface area contributed by atoms with E-state index in [1.54, 1.807) is 6.07 Å². The fourth-order valence-corrected chi connectivity index (χ4v) is 3.94. The minimum atomic E-state index is -3.61. The topological polar surface area (TPSA) is 66.4 Å². The molecule has 0 saturated heterocycles. The Bertz CT molecular complexity index is 515. The normalized spacial score (nSPS) is 13.7. The first-order valence-corrected chi connectivity index (χ1v) is 7.94. The average Bonchev–Trinajstić information content (AvgIpc) is 2.20. The molecule has 1 aromatic rings. The van der Waals surface area contributed by atoms with Gasteiger partial charge < -0.3 is 5.11 Å². The van der Waals surface area contributed by atoms with Crippen molar-refractivity contribution in [3.63, 3.8) is 0 Å². The molecule has 0 aliphatic heterocycles. The predicted octanol–water partition coefficient (Wildman–Crippen LogP) is 2.18. The fraction of sp³-hybridized carbons (Fsp3) is 0.400. The number of aliphatic hydroxyl groups excluding tert-OH is 1. The van der Waals surface area contributed by atoms with Gasteiger partial charge in [0, 0.05) is 15.5 Å². The number of aryl methyl sites for hydroxylation is 1. The standard InChI is InChI=1S/C10H13Br2NO3S/c1-6-3-9(12)10(4-8(6)11)17(15,16)13-5-7(2)14/h3-4,7,13-14H,5H2,1-2H3/t7-/m1/s1. The third kappa shape index (κ3) is 4.03. The Morgan fingerprint density at radius 3 is 2.47 bits per heavy atom. The van der Waals surface area contributed by atoms with Crippen molar-refractivity contribution in [3.05, 3.63) is 26.6 Å². The lowest BCUT2D eigenvalue weighted by Crippen LogP contribution is -2.30. The molecule has 0 heterocycles. The van der Waals surface area contributed by atoms with Crippen LogP contribution in [-0.2, 0) is 10.0 Å². The van der Waals surface area contributed by atoms with E-state index in [4.69, 9.17) is 5.11 Å². The summed E-state index contributed by atoms with van der Waals surface area (Å²) in [6, 6.07) is 3.25. The molecule has 1 atom stereocenters. The average molecular weight is 387 g/mol. The number of benzene rings is 1. The second kappa shape index (κ2) is 5.79. The lowest BCUT2D eigenvalue weighted by atomic mass is 10.2. The first-order chi connectivity index (χ1) is 7.74. The third-order valence-corrected chi connectivity index (χ3v) is 5.31. The van der Waals surface area contributed by atoms with Crippen molar-refractivity contribution < 1.29 is 13.5 Å². The molecule has 17 heavy (non-hydrogen) atoms. The molecular formula is C10H13Br2NO3S. The van der Waals surface area contributed by atoms with Crippen molar-refractivity contribution in [2.75, 3.05) is 6.54 Å². The number of hydrogen-bond acceptors (Lipinski definition) is 3. The van der Waals surface area contributed by atoms with Crippen LogP contribution >= 0.6 is 31.9 Å². The van der Waals surface area contributed by atoms with Crippen LogP contribution in [0.5, 0.6) is 0 Å². The molecule has 4 nitrogen and oxygen atoms in total. The van der Waals surface area contributed by atoms with Gasteiger partial charge in [-0.15, -0.1) is 0 Å². The summed E-state index contributed by atoms with van der Waals surface area (Å²) in [6.45, 7) is 3.37. The van der Waals surface area contributed by atoms with E-state index in [0.717, 1.165) is 10.0 Å². The molecule has 1 aromatic carbocycles. The first-order valence-electron chi connectivity index (χ1n) is 4.87. The van der Waals surface area contributed by atoms with Crippen LogP contribution in [-0.4, -0.2) is 26.2 Å². The van der Waals surface area contributed by atoms with Gasteiger partial charge in [-0.3, -0.25) is 0 Å². The molecular weight excluding hydrogens is 374 g/mol. The van der Waals surface area contributed by atoms with E-state index in [1.807, 2.05) is 6.92 Å². The summed E-state index contributed by atoms with van der Waals surface area (Å²) >= 11 is 6.51. The maximum absolute atomic E-state index is 11.9. The van der Waals surface area contributed by atoms with Crippen LogP contribution < -0.4 is 4.72 Å². The van der Waals surface area contributed by atoms with Gasteiger partial charge in [0.15, 0.2) is 0 Å². The largest absolute Gasteiger partial charge is 0.392 e. The summed E-state index contributed by atoms with van der Waals surface area (Å²) < 4.78 is 27.4. The van der Waals surface area contributed by atoms with Gasteiger partial charge in [0.25, 0.3) is 0 Å². The van der Waals surface area contributed by atoms with Crippen LogP contribution in [0, 0.1) is 6.92 Å². The van der Waals surface area contributed by atoms with Crippen molar-refractivity contribution in [2.24, 2.45) is 0 Å². The number of rotatable bonds is 4. The first kappa shape index (κ1) is 15.1. The molecule has 0 radical (unpaired) electrons. The Kier molecular flexibility index (Phi) is 5.15. The highest BCUT2D eigenvalue weighted by molar-refractivity contribution is 9.11. The van der Waals surface area contributed by atoms with Gasteiger partial charge in [-0.1, -0.05) is 15.9 Å². The van der Waals surface area contributed by atoms with E-state index in [-0.39, 0.29) is 11.4 Å². The zero-order valence-electron chi connectivity index (χ0n) is 9.37. The van der Waals surface area contributed by atoms with Crippen LogP contribution in [0.3, 0.4) is 0 Å². The van der Waals surface area contributed by atoms with Crippen molar-refractivity contribution in [1.82, 2.24) is 4.72 Å². The lowest BCUT2D eigenvalue weighted by Gasteiger charge is -2.11. The van der Waals surface area contributed by atoms with Crippen molar-refractivity contribution >= 4 is 41.9 Å². The van der Waals surface area contributed by atoms with Crippen molar-refractivity contribution in [3.8, 4) is 0 Å². The van der Waals surface area contributed by atoms with Crippen molar-refractivity contribution in [1.29, 1.82) is 0 Å². The second-order valence-electron chi connectivity index (χ2n) is 3.73. The number of hydrogen-bond donors (Lipinski definition) is 2. The van der Waals surface area contributed by atoms with E-state index in [0.29, 0.717) is 4.47 Å². The van der Waals surface area contributed by atoms with Gasteiger partial charge >= 0.3 is 0 Å². The molecule has 1 rings (SSSR count). The molecule has 0 aromatic heterocycles. The van der Waals surface area contributed by atoms with Crippen LogP contribution in [0.4, 0.5) is 0 Å². The molecule has 96 valence electrons. The molecule has 0 aliphatic carbocycles. The summed E-state index contributed by atoms with van der Waals surface area (Å²) in [5.41, 5.74) is 0.936. The summed E-state index contributed by atoms with van der Waals surface area (Å²) in [5.74, 6) is 0. The Morgan fingerprint density at radius 2 is 1.94 bits per heavy atom. The zero-order chi connectivity index (χ0) is 13.2. The highest BCUT2D eigenvalue weighted by Gasteiger charge is 2.19. The van der Waals surface area contributed by atoms with E-state index >= 15 is 0 Å². The fourth-order valence-electron chi connectivity index (χ4n) is 1.14. The Labute approximate surface area is 118 Å². The number of nitrogens with one attached hydrogen (secondary N) is 1. The van der Waals surface area contributed by atoms with Gasteiger partial charge in [-0.25, -0.2) is 13.1 Å². The quantitative estimate of drug-likeness (QED) is 0.833. The maximum Gasteiger partial charge on any atom is 0.241 e. The van der Waals surface area contributed by atoms with Crippen LogP contribution in [0.15, 0.2) is 26.0 Å². The van der Waals surface area contributed by atoms with Gasteiger partial charge in [0.05, 0.1) is 11.0 Å². The zero-order valence-corrected chi connectivity index (χ0v) is 13.4. The molecule has 2 N–H and O–H groups in total. The number of aliphatic hydroxyl groups is 1. The summed E-state index contributed by atoms with van der Waals surface area (Å²) in [6.07, 6.45) is -0.725. The number of sulfonamides is 1. The predicted molar refractivity (Wildman–Crippen MR) is 73.4 cm³/mol. The molecule has 0 bridgehead atoms. The summed E-state index contributed by atoms with van der Waals surface area (Å²) in [5, 5.41) is 9.08. The Balaban J connectivity index is 3.11. The Hall–Kier alpha value is 0.0500. The molecule has 0 fully saturated rings. The van der Waals surface area contributed by atoms with Gasteiger partial charge in [-0.2, -0.15) is 0 Å². The molecule has 0 aliphatic rings. The minimum Gasteiger partial charge on any atom is -0.392 e. The lowest BCUT2D eigenvalue weighted by molar-refractivity contribution is 0.198. The van der Waals surface area contributed by atoms with Gasteiger partial charge in [0.1, 0.15) is 0 Å². The second-order valence-corrected chi connectivity index (χ2v) is 7.18. The SMILES string of the molecule is Cc1cc(Br)c(S(=O)(=O)NC[C@@H](C)O)cc1Br. The summed E-state index contributed by atoms with van der Waals surface area (Å²) in [7, 11) is -3.61. The Morgan fingerprint density at radius 1 is 1.35 bits per heavy atom. The van der Waals surface area contributed by atoms with E-state index in [2.05, 4.69) is 36.6 Å². The molecule has 0 amide bonds.